The molecular weight excluding hydrogens is 378 g/mol. The molecule has 2 fully saturated rings. The fourth-order valence-corrected chi connectivity index (χ4v) is 4.15. The number of piperazine rings is 1. The van der Waals surface area contributed by atoms with E-state index < -0.39 is 0 Å². The Labute approximate surface area is 178 Å². The Kier molecular flexibility index (Phi) is 6.67. The van der Waals surface area contributed by atoms with E-state index in [0.29, 0.717) is 19.1 Å². The highest BCUT2D eigenvalue weighted by atomic mass is 16.5. The molecule has 1 aromatic heterocycles. The first-order valence-electron chi connectivity index (χ1n) is 11.0. The van der Waals surface area contributed by atoms with E-state index in [1.165, 1.54) is 32.1 Å². The number of rotatable bonds is 6. The number of ether oxygens (including phenoxy) is 1. The van der Waals surface area contributed by atoms with Crippen LogP contribution in [-0.2, 0) is 4.79 Å². The van der Waals surface area contributed by atoms with Crippen LogP contribution in [0.4, 0.5) is 11.8 Å². The third-order valence-electron chi connectivity index (χ3n) is 5.84. The van der Waals surface area contributed by atoms with Gasteiger partial charge in [-0.25, -0.2) is 4.98 Å². The zero-order valence-electron chi connectivity index (χ0n) is 17.7. The van der Waals surface area contributed by atoms with Gasteiger partial charge in [0, 0.05) is 44.0 Å². The van der Waals surface area contributed by atoms with Gasteiger partial charge in [0.2, 0.25) is 5.95 Å². The first-order valence-corrected chi connectivity index (χ1v) is 11.0. The molecule has 1 N–H and O–H groups in total. The highest BCUT2D eigenvalue weighted by Gasteiger charge is 2.23. The number of benzene rings is 1. The third kappa shape index (κ3) is 5.40. The Bertz CT molecular complexity index is 831. The smallest absolute Gasteiger partial charge is 0.260 e. The van der Waals surface area contributed by atoms with E-state index in [-0.39, 0.29) is 12.5 Å². The minimum atomic E-state index is 0.0250. The summed E-state index contributed by atoms with van der Waals surface area (Å²) in [4.78, 5) is 26.0. The monoisotopic (exact) mass is 409 g/mol. The molecule has 160 valence electrons. The van der Waals surface area contributed by atoms with Crippen molar-refractivity contribution in [3.63, 3.8) is 0 Å². The Balaban J connectivity index is 1.30. The summed E-state index contributed by atoms with van der Waals surface area (Å²) in [6, 6.07) is 12.0. The summed E-state index contributed by atoms with van der Waals surface area (Å²) >= 11 is 0. The van der Waals surface area contributed by atoms with Crippen molar-refractivity contribution in [2.45, 2.75) is 45.1 Å². The van der Waals surface area contributed by atoms with Crippen LogP contribution < -0.4 is 15.0 Å². The molecule has 1 amide bonds. The predicted molar refractivity (Wildman–Crippen MR) is 118 cm³/mol. The topological polar surface area (TPSA) is 70.6 Å². The standard InChI is InChI=1S/C23H31N5O2/c1-18-16-21(26-23(24-18)25-19-8-4-2-5-9-19)27-12-14-28(15-13-27)22(29)17-30-20-10-6-3-7-11-20/h3,6-7,10-11,16,19H,2,4-5,8-9,12-15,17H2,1H3,(H,24,25,26). The molecule has 0 unspecified atom stereocenters. The minimum absolute atomic E-state index is 0.0250. The van der Waals surface area contributed by atoms with Gasteiger partial charge in [0.05, 0.1) is 0 Å². The molecule has 1 saturated heterocycles. The molecule has 2 aromatic rings. The molecule has 0 radical (unpaired) electrons. The lowest BCUT2D eigenvalue weighted by Gasteiger charge is -2.35. The quantitative estimate of drug-likeness (QED) is 0.790. The summed E-state index contributed by atoms with van der Waals surface area (Å²) in [5.74, 6) is 2.41. The van der Waals surface area contributed by atoms with Crippen LogP contribution in [0.5, 0.6) is 5.75 Å². The molecular formula is C23H31N5O2. The lowest BCUT2D eigenvalue weighted by Crippen LogP contribution is -2.50. The number of nitrogens with one attached hydrogen (secondary N) is 1. The van der Waals surface area contributed by atoms with E-state index in [0.717, 1.165) is 36.3 Å². The highest BCUT2D eigenvalue weighted by Crippen LogP contribution is 2.22. The van der Waals surface area contributed by atoms with Crippen LogP contribution in [0.3, 0.4) is 0 Å². The van der Waals surface area contributed by atoms with Crippen LogP contribution in [0.15, 0.2) is 36.4 Å². The lowest BCUT2D eigenvalue weighted by molar-refractivity contribution is -0.133. The number of hydrogen-bond donors (Lipinski definition) is 1. The molecule has 1 aliphatic heterocycles. The molecule has 0 bridgehead atoms. The van der Waals surface area contributed by atoms with Gasteiger partial charge in [-0.1, -0.05) is 37.5 Å². The van der Waals surface area contributed by atoms with Gasteiger partial charge in [-0.05, 0) is 31.9 Å². The Hall–Kier alpha value is -2.83. The van der Waals surface area contributed by atoms with Crippen LogP contribution in [-0.4, -0.2) is 59.6 Å². The normalized spacial score (nSPS) is 17.6. The van der Waals surface area contributed by atoms with Crippen LogP contribution >= 0.6 is 0 Å². The van der Waals surface area contributed by atoms with Crippen molar-refractivity contribution in [1.29, 1.82) is 0 Å². The van der Waals surface area contributed by atoms with E-state index >= 15 is 0 Å². The summed E-state index contributed by atoms with van der Waals surface area (Å²) in [6.07, 6.45) is 6.27. The molecule has 2 aliphatic rings. The van der Waals surface area contributed by atoms with Crippen molar-refractivity contribution >= 4 is 17.7 Å². The van der Waals surface area contributed by atoms with E-state index in [9.17, 15) is 4.79 Å². The van der Waals surface area contributed by atoms with Crippen LogP contribution in [0.1, 0.15) is 37.8 Å². The molecule has 30 heavy (non-hydrogen) atoms. The van der Waals surface area contributed by atoms with Gasteiger partial charge in [-0.15, -0.1) is 0 Å². The first kappa shape index (κ1) is 20.4. The van der Waals surface area contributed by atoms with Crippen LogP contribution in [0, 0.1) is 6.92 Å². The number of amides is 1. The number of anilines is 2. The second kappa shape index (κ2) is 9.78. The van der Waals surface area contributed by atoms with Crippen LogP contribution in [0.25, 0.3) is 0 Å². The SMILES string of the molecule is Cc1cc(N2CCN(C(=O)COc3ccccc3)CC2)nc(NC2CCCCC2)n1. The maximum atomic E-state index is 12.5. The summed E-state index contributed by atoms with van der Waals surface area (Å²) in [5, 5.41) is 3.53. The number of carbonyl (C=O) groups is 1. The maximum Gasteiger partial charge on any atom is 0.260 e. The van der Waals surface area contributed by atoms with Gasteiger partial charge in [-0.2, -0.15) is 4.98 Å². The zero-order valence-corrected chi connectivity index (χ0v) is 17.7. The van der Waals surface area contributed by atoms with E-state index in [1.807, 2.05) is 48.2 Å². The van der Waals surface area contributed by atoms with Gasteiger partial charge in [-0.3, -0.25) is 4.79 Å². The molecule has 1 aromatic carbocycles. The van der Waals surface area contributed by atoms with Crippen molar-refractivity contribution in [3.05, 3.63) is 42.1 Å². The van der Waals surface area contributed by atoms with E-state index in [1.54, 1.807) is 0 Å². The molecule has 7 nitrogen and oxygen atoms in total. The summed E-state index contributed by atoms with van der Waals surface area (Å²) in [5.41, 5.74) is 0.966. The van der Waals surface area contributed by atoms with Crippen molar-refractivity contribution in [2.24, 2.45) is 0 Å². The number of hydrogen-bond acceptors (Lipinski definition) is 6. The highest BCUT2D eigenvalue weighted by molar-refractivity contribution is 5.78. The van der Waals surface area contributed by atoms with E-state index in [2.05, 4.69) is 15.2 Å². The van der Waals surface area contributed by atoms with Gasteiger partial charge in [0.15, 0.2) is 6.61 Å². The first-order chi connectivity index (χ1) is 14.7. The molecule has 1 aliphatic carbocycles. The van der Waals surface area contributed by atoms with Crippen molar-refractivity contribution in [1.82, 2.24) is 14.9 Å². The van der Waals surface area contributed by atoms with Crippen molar-refractivity contribution in [3.8, 4) is 5.75 Å². The van der Waals surface area contributed by atoms with Gasteiger partial charge in [0.1, 0.15) is 11.6 Å². The third-order valence-corrected chi connectivity index (χ3v) is 5.84. The Morgan fingerprint density at radius 1 is 1.07 bits per heavy atom. The second-order valence-electron chi connectivity index (χ2n) is 8.14. The fourth-order valence-electron chi connectivity index (χ4n) is 4.15. The van der Waals surface area contributed by atoms with Gasteiger partial charge < -0.3 is 19.9 Å². The molecule has 4 rings (SSSR count). The average Bonchev–Trinajstić information content (AvgIpc) is 2.78. The number of carbonyl (C=O) groups excluding carboxylic acids is 1. The number of aromatic nitrogens is 2. The number of nitrogens with zero attached hydrogens (tertiary/aromatic N) is 4. The largest absolute Gasteiger partial charge is 0.484 e. The predicted octanol–water partition coefficient (Wildman–Crippen LogP) is 3.26. The summed E-state index contributed by atoms with van der Waals surface area (Å²) in [6.45, 7) is 4.95. The summed E-state index contributed by atoms with van der Waals surface area (Å²) in [7, 11) is 0. The Morgan fingerprint density at radius 2 is 1.80 bits per heavy atom. The molecule has 0 atom stereocenters. The second-order valence-corrected chi connectivity index (χ2v) is 8.14. The van der Waals surface area contributed by atoms with E-state index in [4.69, 9.17) is 9.72 Å². The molecule has 1 saturated carbocycles. The fraction of sp³-hybridized carbons (Fsp3) is 0.522. The van der Waals surface area contributed by atoms with Crippen LogP contribution in [0.2, 0.25) is 0 Å². The van der Waals surface area contributed by atoms with Gasteiger partial charge in [0.25, 0.3) is 5.91 Å². The maximum absolute atomic E-state index is 12.5. The minimum Gasteiger partial charge on any atom is -0.484 e. The van der Waals surface area contributed by atoms with Gasteiger partial charge >= 0.3 is 0 Å². The number of aryl methyl sites for hydroxylation is 1. The average molecular weight is 410 g/mol. The number of para-hydroxylation sites is 1. The molecule has 7 heteroatoms. The summed E-state index contributed by atoms with van der Waals surface area (Å²) < 4.78 is 5.60. The lowest BCUT2D eigenvalue weighted by atomic mass is 9.96. The van der Waals surface area contributed by atoms with Crippen molar-refractivity contribution in [2.75, 3.05) is 43.0 Å². The molecule has 2 heterocycles. The Morgan fingerprint density at radius 3 is 2.53 bits per heavy atom. The zero-order chi connectivity index (χ0) is 20.8. The van der Waals surface area contributed by atoms with Crippen molar-refractivity contribution < 1.29 is 9.53 Å². The molecule has 0 spiro atoms.